The number of unbranched alkanes of at least 4 members (excludes halogenated alkanes) is 1. The Kier molecular flexibility index (Phi) is 6.53. The van der Waals surface area contributed by atoms with Crippen LogP contribution in [0.2, 0.25) is 0 Å². The number of rotatable bonds is 8. The van der Waals surface area contributed by atoms with Gasteiger partial charge in [-0.2, -0.15) is 0 Å². The molecule has 3 rings (SSSR count). The van der Waals surface area contributed by atoms with Crippen LogP contribution in [0.4, 0.5) is 0 Å². The van der Waals surface area contributed by atoms with E-state index in [9.17, 15) is 9.59 Å². The van der Waals surface area contributed by atoms with E-state index in [-0.39, 0.29) is 11.8 Å². The lowest BCUT2D eigenvalue weighted by Gasteiger charge is -2.25. The highest BCUT2D eigenvalue weighted by Crippen LogP contribution is 2.33. The molecule has 0 saturated carbocycles. The van der Waals surface area contributed by atoms with Crippen LogP contribution in [-0.4, -0.2) is 34.7 Å². The zero-order valence-electron chi connectivity index (χ0n) is 17.9. The lowest BCUT2D eigenvalue weighted by molar-refractivity contribution is -0.137. The molecule has 0 aliphatic carbocycles. The van der Waals surface area contributed by atoms with E-state index in [1.807, 2.05) is 55.1 Å². The molecule has 1 heterocycles. The van der Waals surface area contributed by atoms with Crippen LogP contribution in [0, 0.1) is 13.8 Å². The van der Waals surface area contributed by atoms with Crippen molar-refractivity contribution in [3.8, 4) is 0 Å². The van der Waals surface area contributed by atoms with Gasteiger partial charge in [0.1, 0.15) is 5.70 Å². The fourth-order valence-electron chi connectivity index (χ4n) is 3.69. The highest BCUT2D eigenvalue weighted by Gasteiger charge is 2.40. The second-order valence-electron chi connectivity index (χ2n) is 7.64. The minimum atomic E-state index is -0.173. The van der Waals surface area contributed by atoms with Crippen molar-refractivity contribution in [1.82, 2.24) is 9.80 Å². The highest BCUT2D eigenvalue weighted by molar-refractivity contribution is 6.35. The van der Waals surface area contributed by atoms with E-state index in [0.717, 1.165) is 29.5 Å². The van der Waals surface area contributed by atoms with Crippen LogP contribution >= 0.6 is 0 Å². The van der Waals surface area contributed by atoms with Crippen molar-refractivity contribution in [3.05, 3.63) is 76.5 Å². The van der Waals surface area contributed by atoms with Crippen molar-refractivity contribution in [3.63, 3.8) is 0 Å². The molecular formula is C25H30N2O2. The van der Waals surface area contributed by atoms with Crippen LogP contribution < -0.4 is 0 Å². The van der Waals surface area contributed by atoms with Gasteiger partial charge in [0, 0.05) is 19.6 Å². The third-order valence-electron chi connectivity index (χ3n) is 5.59. The van der Waals surface area contributed by atoms with Crippen LogP contribution in [0.25, 0.3) is 5.57 Å². The van der Waals surface area contributed by atoms with E-state index >= 15 is 0 Å². The number of amides is 2. The molecule has 0 bridgehead atoms. The molecule has 0 radical (unpaired) electrons. The van der Waals surface area contributed by atoms with Crippen molar-refractivity contribution in [2.45, 2.75) is 47.1 Å². The molecule has 29 heavy (non-hydrogen) atoms. The molecule has 1 aliphatic heterocycles. The zero-order chi connectivity index (χ0) is 21.0. The van der Waals surface area contributed by atoms with Gasteiger partial charge < -0.3 is 4.90 Å². The van der Waals surface area contributed by atoms with E-state index < -0.39 is 0 Å². The maximum absolute atomic E-state index is 13.4. The number of likely N-dealkylation sites (N-methyl/N-ethyl adjacent to an activating group) is 1. The number of nitrogens with zero attached hydrogens (tertiary/aromatic N) is 2. The molecule has 152 valence electrons. The summed E-state index contributed by atoms with van der Waals surface area (Å²) in [6.45, 7) is 9.90. The summed E-state index contributed by atoms with van der Waals surface area (Å²) < 4.78 is 0. The Morgan fingerprint density at radius 1 is 0.897 bits per heavy atom. The van der Waals surface area contributed by atoms with Gasteiger partial charge in [0.15, 0.2) is 0 Å². The Bertz CT molecular complexity index is 931. The summed E-state index contributed by atoms with van der Waals surface area (Å²) in [5.41, 5.74) is 5.30. The highest BCUT2D eigenvalue weighted by atomic mass is 16.2. The van der Waals surface area contributed by atoms with Gasteiger partial charge in [-0.25, -0.2) is 0 Å². The Labute approximate surface area is 173 Å². The standard InChI is InChI=1S/C25H30N2O2/c1-5-7-15-27-24(28)22(21-14-13-18(3)19(4)16-21)23(25(27)29)26(6-2)17-20-11-9-8-10-12-20/h8-14,16H,5-7,15,17H2,1-4H3. The topological polar surface area (TPSA) is 40.6 Å². The number of hydrogen-bond acceptors (Lipinski definition) is 3. The first-order valence-corrected chi connectivity index (χ1v) is 10.4. The van der Waals surface area contributed by atoms with Gasteiger partial charge in [-0.15, -0.1) is 0 Å². The molecule has 0 spiro atoms. The molecule has 0 atom stereocenters. The first kappa shape index (κ1) is 20.8. The summed E-state index contributed by atoms with van der Waals surface area (Å²) in [4.78, 5) is 30.1. The Morgan fingerprint density at radius 2 is 1.62 bits per heavy atom. The van der Waals surface area contributed by atoms with Gasteiger partial charge >= 0.3 is 0 Å². The van der Waals surface area contributed by atoms with Crippen molar-refractivity contribution < 1.29 is 9.59 Å². The third-order valence-corrected chi connectivity index (χ3v) is 5.59. The molecule has 2 aromatic rings. The number of hydrogen-bond donors (Lipinski definition) is 0. The van der Waals surface area contributed by atoms with Crippen LogP contribution in [0.1, 0.15) is 48.9 Å². The first-order chi connectivity index (χ1) is 14.0. The molecular weight excluding hydrogens is 360 g/mol. The summed E-state index contributed by atoms with van der Waals surface area (Å²) in [6.07, 6.45) is 1.75. The van der Waals surface area contributed by atoms with E-state index in [1.165, 1.54) is 10.5 Å². The van der Waals surface area contributed by atoms with Gasteiger partial charge in [0.25, 0.3) is 11.8 Å². The number of benzene rings is 2. The first-order valence-electron chi connectivity index (χ1n) is 10.4. The van der Waals surface area contributed by atoms with Gasteiger partial charge in [-0.1, -0.05) is 61.9 Å². The maximum atomic E-state index is 13.4. The van der Waals surface area contributed by atoms with Crippen molar-refractivity contribution in [2.24, 2.45) is 0 Å². The maximum Gasteiger partial charge on any atom is 0.277 e. The van der Waals surface area contributed by atoms with E-state index in [0.29, 0.717) is 30.9 Å². The quantitative estimate of drug-likeness (QED) is 0.613. The van der Waals surface area contributed by atoms with E-state index in [4.69, 9.17) is 0 Å². The molecule has 2 aromatic carbocycles. The van der Waals surface area contributed by atoms with Crippen LogP contribution in [0.15, 0.2) is 54.2 Å². The summed E-state index contributed by atoms with van der Waals surface area (Å²) in [6, 6.07) is 16.1. The van der Waals surface area contributed by atoms with Gasteiger partial charge in [-0.05, 0) is 49.4 Å². The van der Waals surface area contributed by atoms with Crippen molar-refractivity contribution in [2.75, 3.05) is 13.1 Å². The average Bonchev–Trinajstić information content (AvgIpc) is 2.97. The number of aryl methyl sites for hydroxylation is 2. The summed E-state index contributed by atoms with van der Waals surface area (Å²) in [5.74, 6) is -0.345. The van der Waals surface area contributed by atoms with Crippen LogP contribution in [0.3, 0.4) is 0 Å². The molecule has 2 amide bonds. The molecule has 0 saturated heterocycles. The van der Waals surface area contributed by atoms with Crippen molar-refractivity contribution in [1.29, 1.82) is 0 Å². The van der Waals surface area contributed by atoms with Gasteiger partial charge in [0.2, 0.25) is 0 Å². The van der Waals surface area contributed by atoms with Gasteiger partial charge in [0.05, 0.1) is 5.57 Å². The normalized spacial score (nSPS) is 14.1. The van der Waals surface area contributed by atoms with Crippen LogP contribution in [0.5, 0.6) is 0 Å². The summed E-state index contributed by atoms with van der Waals surface area (Å²) >= 11 is 0. The number of imide groups is 1. The Balaban J connectivity index is 2.08. The monoisotopic (exact) mass is 390 g/mol. The fraction of sp³-hybridized carbons (Fsp3) is 0.360. The predicted molar refractivity (Wildman–Crippen MR) is 117 cm³/mol. The minimum Gasteiger partial charge on any atom is -0.362 e. The smallest absolute Gasteiger partial charge is 0.277 e. The molecule has 0 unspecified atom stereocenters. The van der Waals surface area contributed by atoms with E-state index in [2.05, 4.69) is 26.0 Å². The third kappa shape index (κ3) is 4.26. The molecule has 0 fully saturated rings. The number of carbonyl (C=O) groups excluding carboxylic acids is 2. The lowest BCUT2D eigenvalue weighted by Crippen LogP contribution is -2.35. The molecule has 1 aliphatic rings. The number of carbonyl (C=O) groups is 2. The summed E-state index contributed by atoms with van der Waals surface area (Å²) in [7, 11) is 0. The molecule has 4 heteroatoms. The van der Waals surface area contributed by atoms with E-state index in [1.54, 1.807) is 0 Å². The largest absolute Gasteiger partial charge is 0.362 e. The SMILES string of the molecule is CCCCN1C(=O)C(c2ccc(C)c(C)c2)=C(N(CC)Cc2ccccc2)C1=O. The molecule has 0 N–H and O–H groups in total. The zero-order valence-corrected chi connectivity index (χ0v) is 17.9. The minimum absolute atomic E-state index is 0.172. The molecule has 4 nitrogen and oxygen atoms in total. The predicted octanol–water partition coefficient (Wildman–Crippen LogP) is 4.71. The lowest BCUT2D eigenvalue weighted by atomic mass is 9.99. The average molecular weight is 391 g/mol. The Hall–Kier alpha value is -2.88. The van der Waals surface area contributed by atoms with Crippen molar-refractivity contribution >= 4 is 17.4 Å². The second-order valence-corrected chi connectivity index (χ2v) is 7.64. The van der Waals surface area contributed by atoms with Crippen LogP contribution in [-0.2, 0) is 16.1 Å². The summed E-state index contributed by atoms with van der Waals surface area (Å²) in [5, 5.41) is 0. The van der Waals surface area contributed by atoms with Gasteiger partial charge in [-0.3, -0.25) is 14.5 Å². The second kappa shape index (κ2) is 9.08. The fourth-order valence-corrected chi connectivity index (χ4v) is 3.69. The Morgan fingerprint density at radius 3 is 2.24 bits per heavy atom. The molecule has 0 aromatic heterocycles.